The smallest absolute Gasteiger partial charge is 0.257 e. The number of carbonyl (C=O) groups excluding carboxylic acids is 1. The van der Waals surface area contributed by atoms with Crippen LogP contribution in [0.1, 0.15) is 21.6 Å². The van der Waals surface area contributed by atoms with Crippen molar-refractivity contribution < 1.29 is 9.90 Å². The van der Waals surface area contributed by atoms with Crippen molar-refractivity contribution in [2.75, 3.05) is 13.1 Å². The molecule has 0 atom stereocenters. The molecule has 5 nitrogen and oxygen atoms in total. The molecule has 0 unspecified atom stereocenters. The molecule has 104 valence electrons. The SMILES string of the molecule is Cc1ccccc1-n1ncc(C(=O)N2CC(O)C2)c1C. The van der Waals surface area contributed by atoms with Crippen LogP contribution in [0.3, 0.4) is 0 Å². The third kappa shape index (κ3) is 2.00. The van der Waals surface area contributed by atoms with Gasteiger partial charge in [0.1, 0.15) is 0 Å². The van der Waals surface area contributed by atoms with Crippen molar-refractivity contribution in [1.82, 2.24) is 14.7 Å². The third-order valence-electron chi connectivity index (χ3n) is 3.73. The molecule has 1 aromatic heterocycles. The highest BCUT2D eigenvalue weighted by Gasteiger charge is 2.31. The second kappa shape index (κ2) is 4.76. The average Bonchev–Trinajstić information content (AvgIpc) is 2.77. The first-order chi connectivity index (χ1) is 9.58. The minimum Gasteiger partial charge on any atom is -0.389 e. The number of likely N-dealkylation sites (tertiary alicyclic amines) is 1. The van der Waals surface area contributed by atoms with Crippen LogP contribution in [0.5, 0.6) is 0 Å². The number of carbonyl (C=O) groups is 1. The van der Waals surface area contributed by atoms with Gasteiger partial charge in [0.15, 0.2) is 0 Å². The van der Waals surface area contributed by atoms with Crippen LogP contribution in [-0.2, 0) is 0 Å². The average molecular weight is 271 g/mol. The second-order valence-corrected chi connectivity index (χ2v) is 5.21. The third-order valence-corrected chi connectivity index (χ3v) is 3.73. The van der Waals surface area contributed by atoms with Gasteiger partial charge in [0, 0.05) is 13.1 Å². The monoisotopic (exact) mass is 271 g/mol. The number of para-hydroxylation sites is 1. The van der Waals surface area contributed by atoms with Gasteiger partial charge in [-0.2, -0.15) is 5.10 Å². The van der Waals surface area contributed by atoms with Crippen LogP contribution in [0.25, 0.3) is 5.69 Å². The lowest BCUT2D eigenvalue weighted by Gasteiger charge is -2.35. The number of β-amino-alcohol motifs (C(OH)–C–C–N with tert-alkyl or cyclic N) is 1. The Hall–Kier alpha value is -2.14. The summed E-state index contributed by atoms with van der Waals surface area (Å²) in [5.41, 5.74) is 3.51. The van der Waals surface area contributed by atoms with E-state index >= 15 is 0 Å². The Morgan fingerprint density at radius 1 is 1.30 bits per heavy atom. The van der Waals surface area contributed by atoms with Gasteiger partial charge in [-0.15, -0.1) is 0 Å². The van der Waals surface area contributed by atoms with Crippen molar-refractivity contribution in [3.63, 3.8) is 0 Å². The van der Waals surface area contributed by atoms with Crippen LogP contribution < -0.4 is 0 Å². The van der Waals surface area contributed by atoms with Gasteiger partial charge in [0.2, 0.25) is 0 Å². The maximum atomic E-state index is 12.3. The van der Waals surface area contributed by atoms with Gasteiger partial charge >= 0.3 is 0 Å². The van der Waals surface area contributed by atoms with Gasteiger partial charge in [-0.1, -0.05) is 18.2 Å². The summed E-state index contributed by atoms with van der Waals surface area (Å²) in [6.07, 6.45) is 1.22. The van der Waals surface area contributed by atoms with Gasteiger partial charge in [0.05, 0.1) is 29.2 Å². The summed E-state index contributed by atoms with van der Waals surface area (Å²) in [5, 5.41) is 13.6. The second-order valence-electron chi connectivity index (χ2n) is 5.21. The number of hydrogen-bond donors (Lipinski definition) is 1. The highest BCUT2D eigenvalue weighted by Crippen LogP contribution is 2.20. The molecule has 1 aromatic carbocycles. The van der Waals surface area contributed by atoms with Gasteiger partial charge in [-0.05, 0) is 25.5 Å². The summed E-state index contributed by atoms with van der Waals surface area (Å²) >= 11 is 0. The van der Waals surface area contributed by atoms with E-state index in [1.807, 2.05) is 38.1 Å². The molecule has 1 fully saturated rings. The Kier molecular flexibility index (Phi) is 3.06. The largest absolute Gasteiger partial charge is 0.389 e. The quantitative estimate of drug-likeness (QED) is 0.896. The molecule has 1 aliphatic rings. The van der Waals surface area contributed by atoms with Crippen molar-refractivity contribution in [2.45, 2.75) is 20.0 Å². The van der Waals surface area contributed by atoms with Crippen LogP contribution in [0.4, 0.5) is 0 Å². The van der Waals surface area contributed by atoms with E-state index in [0.29, 0.717) is 18.7 Å². The van der Waals surface area contributed by atoms with Gasteiger partial charge in [0.25, 0.3) is 5.91 Å². The minimum absolute atomic E-state index is 0.0624. The minimum atomic E-state index is -0.384. The van der Waals surface area contributed by atoms with E-state index in [0.717, 1.165) is 16.9 Å². The van der Waals surface area contributed by atoms with E-state index in [9.17, 15) is 9.90 Å². The lowest BCUT2D eigenvalue weighted by Crippen LogP contribution is -2.53. The molecular formula is C15H17N3O2. The molecule has 3 rings (SSSR count). The fourth-order valence-electron chi connectivity index (χ4n) is 2.45. The van der Waals surface area contributed by atoms with Crippen LogP contribution >= 0.6 is 0 Å². The molecule has 20 heavy (non-hydrogen) atoms. The van der Waals surface area contributed by atoms with Gasteiger partial charge in [-0.3, -0.25) is 4.79 Å². The molecule has 0 spiro atoms. The van der Waals surface area contributed by atoms with Crippen molar-refractivity contribution in [2.24, 2.45) is 0 Å². The molecule has 0 aliphatic carbocycles. The number of rotatable bonds is 2. The van der Waals surface area contributed by atoms with Crippen molar-refractivity contribution in [3.8, 4) is 5.69 Å². The fourth-order valence-corrected chi connectivity index (χ4v) is 2.45. The summed E-state index contributed by atoms with van der Waals surface area (Å²) in [6, 6.07) is 7.93. The number of aliphatic hydroxyl groups is 1. The first-order valence-electron chi connectivity index (χ1n) is 6.66. The first kappa shape index (κ1) is 12.9. The highest BCUT2D eigenvalue weighted by atomic mass is 16.3. The van der Waals surface area contributed by atoms with Crippen molar-refractivity contribution in [1.29, 1.82) is 0 Å². The number of nitrogens with zero attached hydrogens (tertiary/aromatic N) is 3. The summed E-state index contributed by atoms with van der Waals surface area (Å²) in [6.45, 7) is 4.73. The van der Waals surface area contributed by atoms with E-state index < -0.39 is 0 Å². The van der Waals surface area contributed by atoms with Crippen LogP contribution in [0, 0.1) is 13.8 Å². The predicted molar refractivity (Wildman–Crippen MR) is 74.9 cm³/mol. The van der Waals surface area contributed by atoms with Crippen molar-refractivity contribution in [3.05, 3.63) is 47.3 Å². The zero-order valence-electron chi connectivity index (χ0n) is 11.6. The molecule has 0 saturated carbocycles. The fraction of sp³-hybridized carbons (Fsp3) is 0.333. The molecule has 1 saturated heterocycles. The molecule has 0 radical (unpaired) electrons. The Morgan fingerprint density at radius 3 is 2.65 bits per heavy atom. The Labute approximate surface area is 117 Å². The lowest BCUT2D eigenvalue weighted by atomic mass is 10.1. The number of amides is 1. The zero-order valence-corrected chi connectivity index (χ0v) is 11.6. The maximum absolute atomic E-state index is 12.3. The van der Waals surface area contributed by atoms with Crippen LogP contribution in [0.15, 0.2) is 30.5 Å². The molecule has 5 heteroatoms. The van der Waals surface area contributed by atoms with E-state index in [2.05, 4.69) is 5.10 Å². The Balaban J connectivity index is 1.93. The summed E-state index contributed by atoms with van der Waals surface area (Å²) in [7, 11) is 0. The summed E-state index contributed by atoms with van der Waals surface area (Å²) < 4.78 is 1.79. The predicted octanol–water partition coefficient (Wildman–Crippen LogP) is 1.31. The molecule has 0 bridgehead atoms. The van der Waals surface area contributed by atoms with Crippen LogP contribution in [-0.4, -0.2) is 44.9 Å². The molecule has 2 heterocycles. The lowest BCUT2D eigenvalue weighted by molar-refractivity contribution is 0.00584. The molecular weight excluding hydrogens is 254 g/mol. The van der Waals surface area contributed by atoms with E-state index in [4.69, 9.17) is 0 Å². The van der Waals surface area contributed by atoms with Crippen molar-refractivity contribution >= 4 is 5.91 Å². The number of aliphatic hydroxyl groups excluding tert-OH is 1. The van der Waals surface area contributed by atoms with Crippen LogP contribution in [0.2, 0.25) is 0 Å². The number of aryl methyl sites for hydroxylation is 1. The molecule has 1 aliphatic heterocycles. The standard InChI is InChI=1S/C15H17N3O2/c1-10-5-3-4-6-14(10)18-11(2)13(7-16-18)15(20)17-8-12(19)9-17/h3-7,12,19H,8-9H2,1-2H3. The Morgan fingerprint density at radius 2 is 2.00 bits per heavy atom. The first-order valence-corrected chi connectivity index (χ1v) is 6.66. The van der Waals surface area contributed by atoms with E-state index in [1.165, 1.54) is 0 Å². The maximum Gasteiger partial charge on any atom is 0.257 e. The number of hydrogen-bond acceptors (Lipinski definition) is 3. The summed E-state index contributed by atoms with van der Waals surface area (Å²) in [5.74, 6) is -0.0624. The van der Waals surface area contributed by atoms with Gasteiger partial charge in [-0.25, -0.2) is 4.68 Å². The highest BCUT2D eigenvalue weighted by molar-refractivity contribution is 5.95. The Bertz CT molecular complexity index is 657. The number of benzene rings is 1. The van der Waals surface area contributed by atoms with E-state index in [1.54, 1.807) is 15.8 Å². The summed E-state index contributed by atoms with van der Waals surface area (Å²) in [4.78, 5) is 13.9. The number of aromatic nitrogens is 2. The molecule has 1 N–H and O–H groups in total. The normalized spacial score (nSPS) is 15.2. The molecule has 2 aromatic rings. The van der Waals surface area contributed by atoms with Gasteiger partial charge < -0.3 is 10.0 Å². The topological polar surface area (TPSA) is 58.4 Å². The van der Waals surface area contributed by atoms with E-state index in [-0.39, 0.29) is 12.0 Å². The molecule has 1 amide bonds. The zero-order chi connectivity index (χ0) is 14.3.